The number of β-lactam (4-membered cyclic amide) rings is 1. The standard InChI is InChI=1S/C14H20ClN5O5S/c1-3-19-4-5-20(13(24)12(19)23)14(25)16-7(6-15)9(21)17-8-10(22)18-11(8)26-2/h7-8,11H,3-6H2,1-2H3,(H,16,25)(H,17,21)(H,18,22)/t7?,8-,11-/m1/s1. The molecule has 1 unspecified atom stereocenters. The molecule has 2 aliphatic rings. The highest BCUT2D eigenvalue weighted by molar-refractivity contribution is 7.99. The van der Waals surface area contributed by atoms with Gasteiger partial charge in [-0.1, -0.05) is 0 Å². The van der Waals surface area contributed by atoms with Gasteiger partial charge >= 0.3 is 17.8 Å². The molecule has 2 saturated heterocycles. The number of amides is 6. The lowest BCUT2D eigenvalue weighted by Gasteiger charge is -2.36. The van der Waals surface area contributed by atoms with Crippen LogP contribution in [-0.4, -0.2) is 88.7 Å². The molecule has 0 aromatic heterocycles. The minimum absolute atomic E-state index is 0.0282. The molecule has 0 bridgehead atoms. The van der Waals surface area contributed by atoms with Crippen LogP contribution in [0.4, 0.5) is 4.79 Å². The second-order valence-corrected chi connectivity index (χ2v) is 6.94. The van der Waals surface area contributed by atoms with Gasteiger partial charge in [-0.15, -0.1) is 23.4 Å². The molecule has 0 saturated carbocycles. The summed E-state index contributed by atoms with van der Waals surface area (Å²) in [5.74, 6) is -2.95. The van der Waals surface area contributed by atoms with Crippen LogP contribution in [0.15, 0.2) is 0 Å². The van der Waals surface area contributed by atoms with Gasteiger partial charge in [-0.25, -0.2) is 4.79 Å². The summed E-state index contributed by atoms with van der Waals surface area (Å²) in [7, 11) is 0. The number of thioether (sulfide) groups is 1. The monoisotopic (exact) mass is 405 g/mol. The highest BCUT2D eigenvalue weighted by Gasteiger charge is 2.41. The number of hydrogen-bond acceptors (Lipinski definition) is 6. The Morgan fingerprint density at radius 1 is 1.31 bits per heavy atom. The van der Waals surface area contributed by atoms with Crippen molar-refractivity contribution in [1.82, 2.24) is 25.8 Å². The molecule has 0 aromatic carbocycles. The third-order valence-corrected chi connectivity index (χ3v) is 5.33. The van der Waals surface area contributed by atoms with Crippen molar-refractivity contribution in [1.29, 1.82) is 0 Å². The normalized spacial score (nSPS) is 23.9. The summed E-state index contributed by atoms with van der Waals surface area (Å²) in [5.41, 5.74) is 0. The zero-order valence-electron chi connectivity index (χ0n) is 14.3. The van der Waals surface area contributed by atoms with Crippen molar-refractivity contribution in [2.24, 2.45) is 0 Å². The molecule has 2 heterocycles. The van der Waals surface area contributed by atoms with Crippen LogP contribution in [0, 0.1) is 0 Å². The van der Waals surface area contributed by atoms with Gasteiger partial charge in [0.05, 0.1) is 5.88 Å². The number of carbonyl (C=O) groups excluding carboxylic acids is 5. The fourth-order valence-electron chi connectivity index (χ4n) is 2.52. The highest BCUT2D eigenvalue weighted by atomic mass is 35.5. The predicted molar refractivity (Wildman–Crippen MR) is 94.4 cm³/mol. The van der Waals surface area contributed by atoms with Gasteiger partial charge in [0.25, 0.3) is 0 Å². The summed E-state index contributed by atoms with van der Waals surface area (Å²) in [4.78, 5) is 62.0. The van der Waals surface area contributed by atoms with Gasteiger partial charge in [0.15, 0.2) is 0 Å². The lowest BCUT2D eigenvalue weighted by Crippen LogP contribution is -2.69. The molecule has 0 spiro atoms. The van der Waals surface area contributed by atoms with Gasteiger partial charge in [0, 0.05) is 19.6 Å². The fourth-order valence-corrected chi connectivity index (χ4v) is 3.43. The first-order valence-corrected chi connectivity index (χ1v) is 9.77. The number of likely N-dealkylation sites (N-methyl/N-ethyl adjacent to an activating group) is 1. The van der Waals surface area contributed by atoms with Crippen molar-refractivity contribution in [2.45, 2.75) is 24.4 Å². The quantitative estimate of drug-likeness (QED) is 0.274. The molecule has 2 aliphatic heterocycles. The molecule has 144 valence electrons. The maximum atomic E-state index is 12.3. The Hall–Kier alpha value is -2.01. The molecule has 2 rings (SSSR count). The number of carbonyl (C=O) groups is 5. The van der Waals surface area contributed by atoms with E-state index in [9.17, 15) is 24.0 Å². The molecule has 26 heavy (non-hydrogen) atoms. The molecular weight excluding hydrogens is 386 g/mol. The maximum absolute atomic E-state index is 12.3. The van der Waals surface area contributed by atoms with Crippen LogP contribution in [0.5, 0.6) is 0 Å². The van der Waals surface area contributed by atoms with Gasteiger partial charge in [-0.3, -0.25) is 24.1 Å². The second kappa shape index (κ2) is 8.58. The Morgan fingerprint density at radius 3 is 2.54 bits per heavy atom. The maximum Gasteiger partial charge on any atom is 0.325 e. The molecular formula is C14H20ClN5O5S. The van der Waals surface area contributed by atoms with E-state index in [0.717, 1.165) is 4.90 Å². The van der Waals surface area contributed by atoms with E-state index in [1.54, 1.807) is 13.2 Å². The summed E-state index contributed by atoms with van der Waals surface area (Å²) in [5, 5.41) is 7.21. The zero-order valence-corrected chi connectivity index (χ0v) is 15.9. The van der Waals surface area contributed by atoms with E-state index in [2.05, 4.69) is 16.0 Å². The Labute approximate surface area is 159 Å². The minimum atomic E-state index is -1.15. The van der Waals surface area contributed by atoms with Gasteiger partial charge in [-0.2, -0.15) is 0 Å². The molecule has 0 radical (unpaired) electrons. The van der Waals surface area contributed by atoms with Crippen LogP contribution in [0.3, 0.4) is 0 Å². The van der Waals surface area contributed by atoms with Crippen molar-refractivity contribution in [3.63, 3.8) is 0 Å². The summed E-state index contributed by atoms with van der Waals surface area (Å²) in [6.45, 7) is 2.35. The number of halogens is 1. The average molecular weight is 406 g/mol. The van der Waals surface area contributed by atoms with Crippen LogP contribution in [0.1, 0.15) is 6.92 Å². The number of piperazine rings is 1. The van der Waals surface area contributed by atoms with E-state index in [-0.39, 0.29) is 30.3 Å². The lowest BCUT2D eigenvalue weighted by atomic mass is 10.1. The van der Waals surface area contributed by atoms with Crippen molar-refractivity contribution in [2.75, 3.05) is 31.8 Å². The van der Waals surface area contributed by atoms with E-state index in [1.165, 1.54) is 16.7 Å². The fraction of sp³-hybridized carbons (Fsp3) is 0.643. The summed E-state index contributed by atoms with van der Waals surface area (Å²) in [6.07, 6.45) is 1.78. The first-order chi connectivity index (χ1) is 12.3. The van der Waals surface area contributed by atoms with Gasteiger partial charge in [-0.05, 0) is 13.2 Å². The smallest absolute Gasteiger partial charge is 0.325 e. The van der Waals surface area contributed by atoms with Crippen LogP contribution < -0.4 is 16.0 Å². The largest absolute Gasteiger partial charge is 0.340 e. The molecule has 0 aromatic rings. The number of nitrogens with zero attached hydrogens (tertiary/aromatic N) is 2. The number of rotatable bonds is 6. The van der Waals surface area contributed by atoms with Crippen LogP contribution in [-0.2, 0) is 19.2 Å². The Morgan fingerprint density at radius 2 is 2.00 bits per heavy atom. The Bertz CT molecular complexity index is 633. The van der Waals surface area contributed by atoms with E-state index in [1.807, 2.05) is 0 Å². The minimum Gasteiger partial charge on any atom is -0.340 e. The van der Waals surface area contributed by atoms with Crippen LogP contribution >= 0.6 is 23.4 Å². The van der Waals surface area contributed by atoms with E-state index < -0.39 is 35.8 Å². The predicted octanol–water partition coefficient (Wildman–Crippen LogP) is -1.70. The highest BCUT2D eigenvalue weighted by Crippen LogP contribution is 2.17. The third kappa shape index (κ3) is 4.04. The first-order valence-electron chi connectivity index (χ1n) is 7.94. The van der Waals surface area contributed by atoms with E-state index in [4.69, 9.17) is 11.6 Å². The van der Waals surface area contributed by atoms with E-state index >= 15 is 0 Å². The summed E-state index contributed by atoms with van der Waals surface area (Å²) < 4.78 is 0. The lowest BCUT2D eigenvalue weighted by molar-refractivity contribution is -0.153. The molecule has 12 heteroatoms. The average Bonchev–Trinajstić information content (AvgIpc) is 2.63. The molecule has 10 nitrogen and oxygen atoms in total. The number of imide groups is 1. The second-order valence-electron chi connectivity index (χ2n) is 5.65. The molecule has 2 fully saturated rings. The van der Waals surface area contributed by atoms with Crippen molar-refractivity contribution >= 4 is 53.0 Å². The molecule has 3 N–H and O–H groups in total. The topological polar surface area (TPSA) is 128 Å². The van der Waals surface area contributed by atoms with Crippen molar-refractivity contribution in [3.8, 4) is 0 Å². The Kier molecular flexibility index (Phi) is 6.70. The van der Waals surface area contributed by atoms with Crippen LogP contribution in [0.2, 0.25) is 0 Å². The number of alkyl halides is 1. The molecule has 6 amide bonds. The van der Waals surface area contributed by atoms with Crippen molar-refractivity contribution in [3.05, 3.63) is 0 Å². The first kappa shape index (κ1) is 20.3. The number of nitrogens with one attached hydrogen (secondary N) is 3. The SMILES string of the molecule is CCN1CCN(C(=O)NC(CCl)C(=O)N[C@@H]2C(=O)N[C@@H]2SC)C(=O)C1=O. The van der Waals surface area contributed by atoms with E-state index in [0.29, 0.717) is 6.54 Å². The summed E-state index contributed by atoms with van der Waals surface area (Å²) >= 11 is 7.11. The molecule has 3 atom stereocenters. The van der Waals surface area contributed by atoms with Gasteiger partial charge < -0.3 is 20.9 Å². The Balaban J connectivity index is 1.95. The summed E-state index contributed by atoms with van der Waals surface area (Å²) in [6, 6.07) is -2.73. The third-order valence-electron chi connectivity index (χ3n) is 4.13. The number of hydrogen-bond donors (Lipinski definition) is 3. The number of urea groups is 1. The van der Waals surface area contributed by atoms with Crippen LogP contribution in [0.25, 0.3) is 0 Å². The zero-order chi connectivity index (χ0) is 19.4. The van der Waals surface area contributed by atoms with Crippen molar-refractivity contribution < 1.29 is 24.0 Å². The van der Waals surface area contributed by atoms with Gasteiger partial charge in [0.1, 0.15) is 17.5 Å². The molecule has 0 aliphatic carbocycles. The van der Waals surface area contributed by atoms with Gasteiger partial charge in [0.2, 0.25) is 11.8 Å².